The maximum Gasteiger partial charge on any atom is 0.202 e. The van der Waals surface area contributed by atoms with Crippen molar-refractivity contribution in [2.45, 2.75) is 19.9 Å². The quantitative estimate of drug-likeness (QED) is 0.812. The molecule has 0 unspecified atom stereocenters. The minimum absolute atomic E-state index is 0.0548. The van der Waals surface area contributed by atoms with Crippen molar-refractivity contribution < 1.29 is 4.79 Å². The molecular formula is C13H13BrN2O. The van der Waals surface area contributed by atoms with Crippen LogP contribution in [-0.2, 0) is 13.0 Å². The van der Waals surface area contributed by atoms with Gasteiger partial charge in [0.25, 0.3) is 0 Å². The summed E-state index contributed by atoms with van der Waals surface area (Å²) in [4.78, 5) is 16.1. The van der Waals surface area contributed by atoms with Crippen molar-refractivity contribution in [1.82, 2.24) is 9.55 Å². The molecule has 0 amide bonds. The van der Waals surface area contributed by atoms with Crippen molar-refractivity contribution >= 4 is 21.7 Å². The number of benzene rings is 1. The molecule has 1 aromatic carbocycles. The van der Waals surface area contributed by atoms with Gasteiger partial charge in [-0.15, -0.1) is 0 Å². The fourth-order valence-corrected chi connectivity index (χ4v) is 1.95. The summed E-state index contributed by atoms with van der Waals surface area (Å²) >= 11 is 3.37. The smallest absolute Gasteiger partial charge is 0.202 e. The predicted molar refractivity (Wildman–Crippen MR) is 70.1 cm³/mol. The number of ketones is 1. The second kappa shape index (κ2) is 5.27. The van der Waals surface area contributed by atoms with E-state index in [1.54, 1.807) is 6.20 Å². The first kappa shape index (κ1) is 12.0. The Bertz CT molecular complexity index is 516. The molecule has 0 spiro atoms. The summed E-state index contributed by atoms with van der Waals surface area (Å²) in [6.45, 7) is 2.76. The van der Waals surface area contributed by atoms with Crippen LogP contribution in [0.1, 0.15) is 23.1 Å². The highest BCUT2D eigenvalue weighted by Gasteiger charge is 2.12. The van der Waals surface area contributed by atoms with E-state index in [9.17, 15) is 4.79 Å². The molecule has 17 heavy (non-hydrogen) atoms. The lowest BCUT2D eigenvalue weighted by Gasteiger charge is -2.04. The predicted octanol–water partition coefficient (Wildman–Crippen LogP) is 3.09. The molecule has 0 bridgehead atoms. The van der Waals surface area contributed by atoms with Gasteiger partial charge in [-0.2, -0.15) is 0 Å². The Morgan fingerprint density at radius 2 is 2.06 bits per heavy atom. The molecule has 0 radical (unpaired) electrons. The van der Waals surface area contributed by atoms with Crippen LogP contribution in [0.2, 0.25) is 0 Å². The molecule has 0 saturated heterocycles. The summed E-state index contributed by atoms with van der Waals surface area (Å²) in [7, 11) is 0. The molecule has 2 aromatic rings. The van der Waals surface area contributed by atoms with Gasteiger partial charge in [-0.25, -0.2) is 4.98 Å². The number of halogens is 1. The topological polar surface area (TPSA) is 34.9 Å². The number of aromatic nitrogens is 2. The average molecular weight is 293 g/mol. The van der Waals surface area contributed by atoms with Crippen LogP contribution in [-0.4, -0.2) is 15.3 Å². The lowest BCUT2D eigenvalue weighted by atomic mass is 10.1. The van der Waals surface area contributed by atoms with E-state index >= 15 is 0 Å². The van der Waals surface area contributed by atoms with E-state index in [-0.39, 0.29) is 5.78 Å². The van der Waals surface area contributed by atoms with Crippen LogP contribution in [0, 0.1) is 0 Å². The van der Waals surface area contributed by atoms with Gasteiger partial charge in [0.05, 0.1) is 0 Å². The third-order valence-electron chi connectivity index (χ3n) is 2.58. The van der Waals surface area contributed by atoms with Crippen molar-refractivity contribution in [3.63, 3.8) is 0 Å². The van der Waals surface area contributed by atoms with Crippen LogP contribution >= 0.6 is 15.9 Å². The fourth-order valence-electron chi connectivity index (χ4n) is 1.68. The number of hydrogen-bond donors (Lipinski definition) is 0. The fraction of sp³-hybridized carbons (Fsp3) is 0.231. The van der Waals surface area contributed by atoms with Gasteiger partial charge in [0.2, 0.25) is 5.78 Å². The Morgan fingerprint density at radius 3 is 2.71 bits per heavy atom. The highest BCUT2D eigenvalue weighted by molar-refractivity contribution is 9.10. The molecule has 0 aliphatic heterocycles. The normalized spacial score (nSPS) is 10.5. The highest BCUT2D eigenvalue weighted by Crippen LogP contribution is 2.12. The van der Waals surface area contributed by atoms with Crippen molar-refractivity contribution in [2.75, 3.05) is 0 Å². The molecule has 88 valence electrons. The van der Waals surface area contributed by atoms with E-state index < -0.39 is 0 Å². The van der Waals surface area contributed by atoms with E-state index in [1.165, 1.54) is 0 Å². The molecule has 0 fully saturated rings. The largest absolute Gasteiger partial charge is 0.329 e. The Hall–Kier alpha value is -1.42. The SMILES string of the molecule is CCn1ccnc1C(=O)Cc1ccc(Br)cc1. The maximum atomic E-state index is 12.0. The van der Waals surface area contributed by atoms with Crippen LogP contribution in [0.25, 0.3) is 0 Å². The number of carbonyl (C=O) groups is 1. The van der Waals surface area contributed by atoms with Crippen LogP contribution < -0.4 is 0 Å². The summed E-state index contributed by atoms with van der Waals surface area (Å²) in [5.41, 5.74) is 1.00. The number of Topliss-reactive ketones (excluding diaryl/α,β-unsaturated/α-hetero) is 1. The van der Waals surface area contributed by atoms with E-state index in [1.807, 2.05) is 42.0 Å². The monoisotopic (exact) mass is 292 g/mol. The van der Waals surface area contributed by atoms with Crippen LogP contribution in [0.5, 0.6) is 0 Å². The summed E-state index contributed by atoms with van der Waals surface area (Å²) in [5, 5.41) is 0. The highest BCUT2D eigenvalue weighted by atomic mass is 79.9. The molecule has 0 aliphatic carbocycles. The first-order chi connectivity index (χ1) is 8.20. The third-order valence-corrected chi connectivity index (χ3v) is 3.11. The van der Waals surface area contributed by atoms with E-state index in [0.29, 0.717) is 12.2 Å². The number of hydrogen-bond acceptors (Lipinski definition) is 2. The molecule has 0 N–H and O–H groups in total. The standard InChI is InChI=1S/C13H13BrN2O/c1-2-16-8-7-15-13(16)12(17)9-10-3-5-11(14)6-4-10/h3-8H,2,9H2,1H3. The maximum absolute atomic E-state index is 12.0. The first-order valence-corrected chi connectivity index (χ1v) is 6.28. The van der Waals surface area contributed by atoms with Gasteiger partial charge in [0.15, 0.2) is 5.82 Å². The zero-order chi connectivity index (χ0) is 12.3. The van der Waals surface area contributed by atoms with Gasteiger partial charge in [-0.05, 0) is 24.6 Å². The number of imidazole rings is 1. The lowest BCUT2D eigenvalue weighted by molar-refractivity contribution is 0.0979. The van der Waals surface area contributed by atoms with Gasteiger partial charge in [-0.3, -0.25) is 4.79 Å². The van der Waals surface area contributed by atoms with Gasteiger partial charge < -0.3 is 4.57 Å². The van der Waals surface area contributed by atoms with Crippen LogP contribution in [0.15, 0.2) is 41.1 Å². The van der Waals surface area contributed by atoms with E-state index in [2.05, 4.69) is 20.9 Å². The Balaban J connectivity index is 2.14. The summed E-state index contributed by atoms with van der Waals surface area (Å²) in [5.74, 6) is 0.592. The molecular weight excluding hydrogens is 280 g/mol. The minimum atomic E-state index is 0.0548. The second-order valence-electron chi connectivity index (χ2n) is 3.76. The number of carbonyl (C=O) groups excluding carboxylic acids is 1. The molecule has 0 aliphatic rings. The van der Waals surface area contributed by atoms with Crippen LogP contribution in [0.3, 0.4) is 0 Å². The third kappa shape index (κ3) is 2.82. The molecule has 4 heteroatoms. The molecule has 1 aromatic heterocycles. The van der Waals surface area contributed by atoms with Gasteiger partial charge >= 0.3 is 0 Å². The summed E-state index contributed by atoms with van der Waals surface area (Å²) in [6, 6.07) is 7.77. The van der Waals surface area contributed by atoms with Crippen molar-refractivity contribution in [3.8, 4) is 0 Å². The van der Waals surface area contributed by atoms with Gasteiger partial charge in [0, 0.05) is 29.8 Å². The first-order valence-electron chi connectivity index (χ1n) is 5.49. The average Bonchev–Trinajstić information content (AvgIpc) is 2.80. The summed E-state index contributed by atoms with van der Waals surface area (Å²) < 4.78 is 2.88. The lowest BCUT2D eigenvalue weighted by Crippen LogP contribution is -2.11. The van der Waals surface area contributed by atoms with Crippen molar-refractivity contribution in [1.29, 1.82) is 0 Å². The Morgan fingerprint density at radius 1 is 1.35 bits per heavy atom. The minimum Gasteiger partial charge on any atom is -0.329 e. The number of rotatable bonds is 4. The molecule has 0 atom stereocenters. The molecule has 0 saturated carbocycles. The van der Waals surface area contributed by atoms with E-state index in [4.69, 9.17) is 0 Å². The van der Waals surface area contributed by atoms with Crippen molar-refractivity contribution in [2.24, 2.45) is 0 Å². The summed E-state index contributed by atoms with van der Waals surface area (Å²) in [6.07, 6.45) is 3.89. The number of aryl methyl sites for hydroxylation is 1. The molecule has 2 rings (SSSR count). The Labute approximate surface area is 109 Å². The van der Waals surface area contributed by atoms with Gasteiger partial charge in [-0.1, -0.05) is 28.1 Å². The van der Waals surface area contributed by atoms with E-state index in [0.717, 1.165) is 16.6 Å². The van der Waals surface area contributed by atoms with Crippen molar-refractivity contribution in [3.05, 3.63) is 52.5 Å². The number of nitrogens with zero attached hydrogens (tertiary/aromatic N) is 2. The zero-order valence-corrected chi connectivity index (χ0v) is 11.1. The zero-order valence-electron chi connectivity index (χ0n) is 9.56. The van der Waals surface area contributed by atoms with Gasteiger partial charge in [0.1, 0.15) is 0 Å². The molecule has 1 heterocycles. The molecule has 3 nitrogen and oxygen atoms in total. The Kier molecular flexibility index (Phi) is 3.74. The second-order valence-corrected chi connectivity index (χ2v) is 4.68. The van der Waals surface area contributed by atoms with Crippen LogP contribution in [0.4, 0.5) is 0 Å².